The summed E-state index contributed by atoms with van der Waals surface area (Å²) in [7, 11) is 0. The number of benzene rings is 1. The number of nitrogens with zero attached hydrogens (tertiary/aromatic N) is 3. The van der Waals surface area contributed by atoms with E-state index < -0.39 is 35.6 Å². The fraction of sp³-hybridized carbons (Fsp3) is 0.389. The van der Waals surface area contributed by atoms with Crippen LogP contribution in [-0.4, -0.2) is 33.4 Å². The third-order valence-corrected chi connectivity index (χ3v) is 4.63. The van der Waals surface area contributed by atoms with Gasteiger partial charge in [0.2, 0.25) is 11.7 Å². The Labute approximate surface area is 187 Å². The number of amides is 1. The van der Waals surface area contributed by atoms with E-state index in [4.69, 9.17) is 11.5 Å². The Kier molecular flexibility index (Phi) is 8.97. The van der Waals surface area contributed by atoms with Gasteiger partial charge in [-0.2, -0.15) is 13.2 Å². The molecule has 0 radical (unpaired) electrons. The third kappa shape index (κ3) is 6.37. The van der Waals surface area contributed by atoms with Crippen LogP contribution in [-0.2, 0) is 30.4 Å². The van der Waals surface area contributed by atoms with Crippen molar-refractivity contribution >= 4 is 36.5 Å². The van der Waals surface area contributed by atoms with Crippen LogP contribution in [0.1, 0.15) is 29.1 Å². The topological polar surface area (TPSA) is 98.1 Å². The van der Waals surface area contributed by atoms with Gasteiger partial charge >= 0.3 is 6.18 Å². The van der Waals surface area contributed by atoms with E-state index in [-0.39, 0.29) is 74.2 Å². The van der Waals surface area contributed by atoms with Gasteiger partial charge in [0.15, 0.2) is 0 Å². The molecule has 3 rings (SSSR count). The zero-order valence-corrected chi connectivity index (χ0v) is 17.6. The minimum absolute atomic E-state index is 0. The third-order valence-electron chi connectivity index (χ3n) is 4.63. The highest BCUT2D eigenvalue weighted by molar-refractivity contribution is 5.85. The maximum Gasteiger partial charge on any atom is 0.451 e. The molecule has 1 amide bonds. The Balaban J connectivity index is 0.00000240. The second kappa shape index (κ2) is 10.4. The minimum Gasteiger partial charge on any atom is -0.383 e. The van der Waals surface area contributed by atoms with E-state index in [1.165, 1.54) is 4.90 Å². The van der Waals surface area contributed by atoms with Gasteiger partial charge in [-0.05, 0) is 36.6 Å². The highest BCUT2D eigenvalue weighted by Gasteiger charge is 2.37. The van der Waals surface area contributed by atoms with Crippen LogP contribution in [0.3, 0.4) is 0 Å². The maximum atomic E-state index is 13.7. The lowest BCUT2D eigenvalue weighted by atomic mass is 10.0. The number of alkyl halides is 3. The van der Waals surface area contributed by atoms with E-state index in [1.54, 1.807) is 0 Å². The number of hydrogen-bond acceptors (Lipinski definition) is 5. The highest BCUT2D eigenvalue weighted by atomic mass is 35.5. The Hall–Kier alpha value is -2.24. The predicted octanol–water partition coefficient (Wildman–Crippen LogP) is 3.04. The molecule has 1 aromatic carbocycles. The molecule has 0 bridgehead atoms. The zero-order chi connectivity index (χ0) is 21.3. The summed E-state index contributed by atoms with van der Waals surface area (Å²) in [6.45, 7) is 0.0524. The second-order valence-electron chi connectivity index (χ2n) is 6.82. The summed E-state index contributed by atoms with van der Waals surface area (Å²) >= 11 is 0. The minimum atomic E-state index is -4.76. The molecular weight excluding hydrogens is 468 g/mol. The Morgan fingerprint density at radius 2 is 1.87 bits per heavy atom. The number of carbonyl (C=O) groups excluding carboxylic acids is 1. The fourth-order valence-electron chi connectivity index (χ4n) is 3.21. The number of nitrogen functional groups attached to an aromatic ring is 1. The quantitative estimate of drug-likeness (QED) is 0.645. The number of carbonyl (C=O) groups is 1. The Morgan fingerprint density at radius 1 is 1.19 bits per heavy atom. The van der Waals surface area contributed by atoms with E-state index in [9.17, 15) is 26.7 Å². The molecule has 0 saturated heterocycles. The molecule has 31 heavy (non-hydrogen) atoms. The van der Waals surface area contributed by atoms with Gasteiger partial charge in [-0.25, -0.2) is 18.7 Å². The molecule has 2 aromatic rings. The molecule has 4 N–H and O–H groups in total. The molecule has 1 atom stereocenters. The number of halogens is 7. The van der Waals surface area contributed by atoms with Crippen molar-refractivity contribution in [3.63, 3.8) is 0 Å². The van der Waals surface area contributed by atoms with Crippen LogP contribution in [0.4, 0.5) is 27.8 Å². The average Bonchev–Trinajstić information content (AvgIpc) is 2.63. The molecule has 0 unspecified atom stereocenters. The molecule has 172 valence electrons. The van der Waals surface area contributed by atoms with Gasteiger partial charge in [-0.15, -0.1) is 24.8 Å². The van der Waals surface area contributed by atoms with Crippen LogP contribution in [0.15, 0.2) is 18.2 Å². The van der Waals surface area contributed by atoms with Crippen molar-refractivity contribution < 1.29 is 26.7 Å². The highest BCUT2D eigenvalue weighted by Crippen LogP contribution is 2.30. The van der Waals surface area contributed by atoms with Crippen LogP contribution in [0.25, 0.3) is 0 Å². The molecule has 1 aliphatic rings. The van der Waals surface area contributed by atoms with Gasteiger partial charge in [0.05, 0.1) is 12.2 Å². The summed E-state index contributed by atoms with van der Waals surface area (Å²) < 4.78 is 65.7. The van der Waals surface area contributed by atoms with Crippen molar-refractivity contribution in [2.24, 2.45) is 5.73 Å². The smallest absolute Gasteiger partial charge is 0.383 e. The molecule has 2 heterocycles. The van der Waals surface area contributed by atoms with Gasteiger partial charge in [-0.3, -0.25) is 4.79 Å². The summed E-state index contributed by atoms with van der Waals surface area (Å²) in [6, 6.07) is 2.17. The van der Waals surface area contributed by atoms with Crippen molar-refractivity contribution in [1.82, 2.24) is 14.9 Å². The number of aromatic nitrogens is 2. The van der Waals surface area contributed by atoms with Crippen LogP contribution < -0.4 is 11.5 Å². The molecule has 0 spiro atoms. The lowest BCUT2D eigenvalue weighted by Gasteiger charge is -2.30. The SMILES string of the molecule is Cl.Cl.Nc1nc(C(F)(F)F)nc2c1CCN(C(=O)C[C@H](N)Cc1cc(F)ccc1F)C2. The molecule has 0 aliphatic carbocycles. The maximum absolute atomic E-state index is 13.7. The van der Waals surface area contributed by atoms with Gasteiger partial charge < -0.3 is 16.4 Å². The first-order valence-corrected chi connectivity index (χ1v) is 8.74. The number of nitrogens with two attached hydrogens (primary N) is 2. The fourth-order valence-corrected chi connectivity index (χ4v) is 3.21. The van der Waals surface area contributed by atoms with Gasteiger partial charge in [0, 0.05) is 24.6 Å². The monoisotopic (exact) mass is 487 g/mol. The lowest BCUT2D eigenvalue weighted by molar-refractivity contribution is -0.145. The number of hydrogen-bond donors (Lipinski definition) is 2. The van der Waals surface area contributed by atoms with Crippen molar-refractivity contribution in [3.05, 3.63) is 52.5 Å². The van der Waals surface area contributed by atoms with E-state index in [1.807, 2.05) is 0 Å². The van der Waals surface area contributed by atoms with Crippen LogP contribution in [0.5, 0.6) is 0 Å². The predicted molar refractivity (Wildman–Crippen MR) is 108 cm³/mol. The Bertz CT molecular complexity index is 944. The zero-order valence-electron chi connectivity index (χ0n) is 16.0. The van der Waals surface area contributed by atoms with Crippen molar-refractivity contribution in [2.45, 2.75) is 38.0 Å². The normalized spacial score (nSPS) is 14.2. The van der Waals surface area contributed by atoms with Crippen LogP contribution >= 0.6 is 24.8 Å². The first kappa shape index (κ1) is 26.8. The van der Waals surface area contributed by atoms with Crippen molar-refractivity contribution in [1.29, 1.82) is 0 Å². The summed E-state index contributed by atoms with van der Waals surface area (Å²) in [5.41, 5.74) is 12.0. The summed E-state index contributed by atoms with van der Waals surface area (Å²) in [5, 5.41) is 0. The van der Waals surface area contributed by atoms with Gasteiger partial charge in [0.1, 0.15) is 17.5 Å². The lowest BCUT2D eigenvalue weighted by Crippen LogP contribution is -2.40. The van der Waals surface area contributed by atoms with E-state index in [2.05, 4.69) is 9.97 Å². The first-order valence-electron chi connectivity index (χ1n) is 8.74. The van der Waals surface area contributed by atoms with E-state index in [0.717, 1.165) is 18.2 Å². The number of fused-ring (bicyclic) bond motifs is 1. The molecular formula is C18H20Cl2F5N5O. The molecule has 0 fully saturated rings. The van der Waals surface area contributed by atoms with Gasteiger partial charge in [-0.1, -0.05) is 0 Å². The van der Waals surface area contributed by atoms with Crippen molar-refractivity contribution in [2.75, 3.05) is 12.3 Å². The summed E-state index contributed by atoms with van der Waals surface area (Å²) in [6.07, 6.45) is -4.79. The van der Waals surface area contributed by atoms with E-state index >= 15 is 0 Å². The van der Waals surface area contributed by atoms with Crippen LogP contribution in [0, 0.1) is 11.6 Å². The second-order valence-corrected chi connectivity index (χ2v) is 6.82. The molecule has 1 aliphatic heterocycles. The molecule has 6 nitrogen and oxygen atoms in total. The van der Waals surface area contributed by atoms with Crippen LogP contribution in [0.2, 0.25) is 0 Å². The van der Waals surface area contributed by atoms with Gasteiger partial charge in [0.25, 0.3) is 0 Å². The summed E-state index contributed by atoms with van der Waals surface area (Å²) in [4.78, 5) is 20.6. The average molecular weight is 488 g/mol. The number of anilines is 1. The molecule has 1 aromatic heterocycles. The standard InChI is InChI=1S/C18H18F5N5O.2ClH/c19-10-1-2-13(20)9(5-10)6-11(24)7-15(29)28-4-3-12-14(8-28)26-17(18(21,22)23)27-16(12)25;;/h1-2,5,11H,3-4,6-8,24H2,(H2,25,26,27);2*1H/t11-;;/m1../s1. The first-order chi connectivity index (χ1) is 13.5. The number of rotatable bonds is 4. The summed E-state index contributed by atoms with van der Waals surface area (Å²) in [5.74, 6) is -3.29. The molecule has 13 heteroatoms. The molecule has 0 saturated carbocycles. The van der Waals surface area contributed by atoms with E-state index in [0.29, 0.717) is 5.56 Å². The van der Waals surface area contributed by atoms with Crippen molar-refractivity contribution in [3.8, 4) is 0 Å². The largest absolute Gasteiger partial charge is 0.451 e. The Morgan fingerprint density at radius 3 is 2.52 bits per heavy atom.